The molecule has 172 valence electrons. The summed E-state index contributed by atoms with van der Waals surface area (Å²) in [5, 5.41) is 0. The average molecular weight is 422 g/mol. The van der Waals surface area contributed by atoms with E-state index in [4.69, 9.17) is 4.55 Å². The van der Waals surface area contributed by atoms with E-state index in [-0.39, 0.29) is 5.75 Å². The van der Waals surface area contributed by atoms with Crippen molar-refractivity contribution in [2.45, 2.75) is 123 Å². The van der Waals surface area contributed by atoms with E-state index in [2.05, 4.69) is 25.9 Å². The molecule has 0 bridgehead atoms. The van der Waals surface area contributed by atoms with E-state index in [1.165, 1.54) is 109 Å². The molecule has 0 spiro atoms. The fraction of sp³-hybridized carbons (Fsp3) is 1.00. The Hall–Kier alpha value is -0.130. The van der Waals surface area contributed by atoms with Crippen molar-refractivity contribution in [3.05, 3.63) is 0 Å². The van der Waals surface area contributed by atoms with Gasteiger partial charge < -0.3 is 4.90 Å². The molecule has 0 aliphatic heterocycles. The highest BCUT2D eigenvalue weighted by Gasteiger charge is 1.98. The fourth-order valence-electron chi connectivity index (χ4n) is 3.23. The molecule has 0 unspecified atom stereocenters. The fourth-order valence-corrected chi connectivity index (χ4v) is 3.75. The van der Waals surface area contributed by atoms with E-state index in [0.717, 1.165) is 0 Å². The SMILES string of the molecule is CCCCCCCCCCCCCCCCCCN(C)C.CCCS(=O)(=O)O. The Morgan fingerprint density at radius 2 is 0.893 bits per heavy atom. The van der Waals surface area contributed by atoms with Crippen LogP contribution >= 0.6 is 0 Å². The smallest absolute Gasteiger partial charge is 0.264 e. The summed E-state index contributed by atoms with van der Waals surface area (Å²) in [5.74, 6) is -0.132. The molecule has 0 aromatic rings. The molecule has 0 amide bonds. The second-order valence-corrected chi connectivity index (χ2v) is 9.96. The second kappa shape index (κ2) is 23.2. The first kappa shape index (κ1) is 30.1. The Morgan fingerprint density at radius 3 is 1.11 bits per heavy atom. The van der Waals surface area contributed by atoms with E-state index in [1.807, 2.05) is 0 Å². The van der Waals surface area contributed by atoms with Crippen molar-refractivity contribution >= 4 is 10.1 Å². The summed E-state index contributed by atoms with van der Waals surface area (Å²) in [6, 6.07) is 0. The molecule has 5 heteroatoms. The number of rotatable bonds is 19. The summed E-state index contributed by atoms with van der Waals surface area (Å²) in [4.78, 5) is 2.30. The van der Waals surface area contributed by atoms with Crippen molar-refractivity contribution in [1.29, 1.82) is 0 Å². The quantitative estimate of drug-likeness (QED) is 0.178. The maximum Gasteiger partial charge on any atom is 0.264 e. The molecule has 0 rings (SSSR count). The molecule has 0 aliphatic rings. The molecule has 0 aliphatic carbocycles. The zero-order chi connectivity index (χ0) is 21.5. The lowest BCUT2D eigenvalue weighted by Crippen LogP contribution is -2.12. The highest BCUT2D eigenvalue weighted by atomic mass is 32.2. The van der Waals surface area contributed by atoms with Gasteiger partial charge in [0.05, 0.1) is 5.75 Å². The van der Waals surface area contributed by atoms with Crippen LogP contribution in [0.5, 0.6) is 0 Å². The van der Waals surface area contributed by atoms with Crippen LogP contribution in [0.3, 0.4) is 0 Å². The van der Waals surface area contributed by atoms with Crippen molar-refractivity contribution in [2.75, 3.05) is 26.4 Å². The third kappa shape index (κ3) is 33.5. The van der Waals surface area contributed by atoms with Gasteiger partial charge >= 0.3 is 0 Å². The Balaban J connectivity index is 0. The van der Waals surface area contributed by atoms with Gasteiger partial charge in [-0.3, -0.25) is 4.55 Å². The van der Waals surface area contributed by atoms with E-state index in [0.29, 0.717) is 6.42 Å². The van der Waals surface area contributed by atoms with Gasteiger partial charge in [0, 0.05) is 0 Å². The summed E-state index contributed by atoms with van der Waals surface area (Å²) < 4.78 is 27.6. The van der Waals surface area contributed by atoms with Crippen molar-refractivity contribution < 1.29 is 13.0 Å². The molecular formula is C23H51NO3S. The van der Waals surface area contributed by atoms with Crippen LogP contribution in [0.1, 0.15) is 123 Å². The molecule has 0 heterocycles. The minimum atomic E-state index is -3.67. The van der Waals surface area contributed by atoms with Crippen LogP contribution in [0.15, 0.2) is 0 Å². The van der Waals surface area contributed by atoms with Crippen LogP contribution in [-0.4, -0.2) is 44.3 Å². The van der Waals surface area contributed by atoms with Crippen molar-refractivity contribution in [3.8, 4) is 0 Å². The van der Waals surface area contributed by atoms with Gasteiger partial charge in [0.1, 0.15) is 0 Å². The standard InChI is InChI=1S/C20H43N.C3H8O3S/c1-4-5-6-7-8-9-10-11-12-13-14-15-16-17-18-19-20-21(2)3;1-2-3-7(4,5)6/h4-20H2,1-3H3;2-3H2,1H3,(H,4,5,6). The van der Waals surface area contributed by atoms with Crippen LogP contribution in [-0.2, 0) is 10.1 Å². The topological polar surface area (TPSA) is 57.6 Å². The first-order chi connectivity index (χ1) is 13.3. The average Bonchev–Trinajstić information content (AvgIpc) is 2.60. The largest absolute Gasteiger partial charge is 0.309 e. The molecule has 1 N–H and O–H groups in total. The second-order valence-electron chi connectivity index (χ2n) is 8.39. The van der Waals surface area contributed by atoms with E-state index < -0.39 is 10.1 Å². The van der Waals surface area contributed by atoms with Crippen LogP contribution < -0.4 is 0 Å². The summed E-state index contributed by atoms with van der Waals surface area (Å²) >= 11 is 0. The molecule has 0 saturated carbocycles. The van der Waals surface area contributed by atoms with Crippen LogP contribution in [0.2, 0.25) is 0 Å². The summed E-state index contributed by atoms with van der Waals surface area (Å²) in [7, 11) is 0.669. The molecule has 0 atom stereocenters. The Kier molecular flexibility index (Phi) is 24.9. The Labute approximate surface area is 177 Å². The lowest BCUT2D eigenvalue weighted by atomic mass is 10.0. The first-order valence-corrected chi connectivity index (χ1v) is 13.5. The molecule has 28 heavy (non-hydrogen) atoms. The molecule has 0 aromatic carbocycles. The molecule has 0 fully saturated rings. The van der Waals surface area contributed by atoms with Crippen LogP contribution in [0.25, 0.3) is 0 Å². The highest BCUT2D eigenvalue weighted by molar-refractivity contribution is 7.85. The van der Waals surface area contributed by atoms with Gasteiger partial charge in [-0.05, 0) is 33.5 Å². The minimum Gasteiger partial charge on any atom is -0.309 e. The minimum absolute atomic E-state index is 0.132. The molecule has 4 nitrogen and oxygen atoms in total. The van der Waals surface area contributed by atoms with Gasteiger partial charge in [-0.1, -0.05) is 110 Å². The van der Waals surface area contributed by atoms with Crippen molar-refractivity contribution in [1.82, 2.24) is 4.90 Å². The third-order valence-electron chi connectivity index (χ3n) is 4.92. The Morgan fingerprint density at radius 1 is 0.571 bits per heavy atom. The van der Waals surface area contributed by atoms with Gasteiger partial charge in [0.25, 0.3) is 10.1 Å². The monoisotopic (exact) mass is 421 g/mol. The zero-order valence-electron chi connectivity index (χ0n) is 19.6. The first-order valence-electron chi connectivity index (χ1n) is 11.9. The zero-order valence-corrected chi connectivity index (χ0v) is 20.4. The van der Waals surface area contributed by atoms with Crippen LogP contribution in [0.4, 0.5) is 0 Å². The number of unbranched alkanes of at least 4 members (excludes halogenated alkanes) is 15. The predicted molar refractivity (Wildman–Crippen MR) is 125 cm³/mol. The Bertz CT molecular complexity index is 383. The van der Waals surface area contributed by atoms with E-state index in [1.54, 1.807) is 6.92 Å². The van der Waals surface area contributed by atoms with Gasteiger partial charge in [-0.15, -0.1) is 0 Å². The number of hydrogen-bond acceptors (Lipinski definition) is 3. The van der Waals surface area contributed by atoms with Gasteiger partial charge in [0.2, 0.25) is 0 Å². The lowest BCUT2D eigenvalue weighted by Gasteiger charge is -2.08. The molecule has 0 radical (unpaired) electrons. The lowest BCUT2D eigenvalue weighted by molar-refractivity contribution is 0.389. The summed E-state index contributed by atoms with van der Waals surface area (Å²) in [5.41, 5.74) is 0. The van der Waals surface area contributed by atoms with Crippen molar-refractivity contribution in [3.63, 3.8) is 0 Å². The molecular weight excluding hydrogens is 370 g/mol. The van der Waals surface area contributed by atoms with Gasteiger partial charge in [-0.25, -0.2) is 0 Å². The summed E-state index contributed by atoms with van der Waals surface area (Å²) in [6.07, 6.45) is 23.8. The van der Waals surface area contributed by atoms with E-state index >= 15 is 0 Å². The predicted octanol–water partition coefficient (Wildman–Crippen LogP) is 7.09. The van der Waals surface area contributed by atoms with Gasteiger partial charge in [-0.2, -0.15) is 8.42 Å². The third-order valence-corrected chi connectivity index (χ3v) is 5.85. The number of hydrogen-bond donors (Lipinski definition) is 1. The van der Waals surface area contributed by atoms with Gasteiger partial charge in [0.15, 0.2) is 0 Å². The maximum absolute atomic E-state index is 9.79. The van der Waals surface area contributed by atoms with E-state index in [9.17, 15) is 8.42 Å². The normalized spacial score (nSPS) is 11.5. The number of nitrogens with zero attached hydrogens (tertiary/aromatic N) is 1. The van der Waals surface area contributed by atoms with Crippen LogP contribution in [0, 0.1) is 0 Å². The summed E-state index contributed by atoms with van der Waals surface area (Å²) in [6.45, 7) is 5.25. The molecule has 0 aromatic heterocycles. The van der Waals surface area contributed by atoms with Crippen molar-refractivity contribution in [2.24, 2.45) is 0 Å². The highest BCUT2D eigenvalue weighted by Crippen LogP contribution is 2.13. The molecule has 0 saturated heterocycles. The maximum atomic E-state index is 9.79.